The number of hydrogen-bond donors (Lipinski definition) is 2. The van der Waals surface area contributed by atoms with Gasteiger partial charge in [0.05, 0.1) is 7.11 Å². The van der Waals surface area contributed by atoms with Crippen LogP contribution in [0.5, 0.6) is 5.75 Å². The summed E-state index contributed by atoms with van der Waals surface area (Å²) < 4.78 is 5.16. The number of hydrogen-bond acceptors (Lipinski definition) is 3. The summed E-state index contributed by atoms with van der Waals surface area (Å²) in [6, 6.07) is 7.22. The number of ether oxygens (including phenoxy) is 1. The Hall–Kier alpha value is -2.50. The van der Waals surface area contributed by atoms with Crippen LogP contribution in [0.25, 0.3) is 5.57 Å². The highest BCUT2D eigenvalue weighted by Crippen LogP contribution is 2.24. The summed E-state index contributed by atoms with van der Waals surface area (Å²) >= 11 is 0. The molecule has 0 bridgehead atoms. The first-order valence-corrected chi connectivity index (χ1v) is 7.34. The van der Waals surface area contributed by atoms with E-state index in [1.165, 1.54) is 5.57 Å². The van der Waals surface area contributed by atoms with Crippen molar-refractivity contribution in [1.82, 2.24) is 15.5 Å². The summed E-state index contributed by atoms with van der Waals surface area (Å²) in [5, 5.41) is 5.24. The van der Waals surface area contributed by atoms with Crippen LogP contribution in [0.15, 0.2) is 30.3 Å². The van der Waals surface area contributed by atoms with Crippen LogP contribution in [-0.4, -0.2) is 49.6 Å². The van der Waals surface area contributed by atoms with E-state index in [0.29, 0.717) is 19.6 Å². The summed E-state index contributed by atoms with van der Waals surface area (Å²) in [5.74, 6) is 0.810. The van der Waals surface area contributed by atoms with E-state index >= 15 is 0 Å². The van der Waals surface area contributed by atoms with E-state index in [4.69, 9.17) is 4.74 Å². The zero-order valence-electron chi connectivity index (χ0n) is 12.5. The Bertz CT molecular complexity index is 610. The lowest BCUT2D eigenvalue weighted by atomic mass is 9.99. The monoisotopic (exact) mass is 301 g/mol. The maximum atomic E-state index is 12.3. The van der Waals surface area contributed by atoms with Crippen LogP contribution in [0, 0.1) is 0 Å². The second-order valence-electron chi connectivity index (χ2n) is 5.40. The van der Waals surface area contributed by atoms with Crippen LogP contribution >= 0.6 is 0 Å². The molecule has 1 aromatic carbocycles. The molecule has 3 rings (SSSR count). The van der Waals surface area contributed by atoms with Gasteiger partial charge in [0.25, 0.3) is 0 Å². The minimum absolute atomic E-state index is 0.0246. The highest BCUT2D eigenvalue weighted by Gasteiger charge is 2.31. The maximum Gasteiger partial charge on any atom is 0.315 e. The lowest BCUT2D eigenvalue weighted by molar-refractivity contribution is -0.132. The normalized spacial score (nSPS) is 21.0. The molecule has 2 aliphatic rings. The van der Waals surface area contributed by atoms with Gasteiger partial charge in [-0.05, 0) is 29.7 Å². The minimum Gasteiger partial charge on any atom is -0.497 e. The predicted octanol–water partition coefficient (Wildman–Crippen LogP) is 0.992. The van der Waals surface area contributed by atoms with Crippen molar-refractivity contribution >= 4 is 17.5 Å². The smallest absolute Gasteiger partial charge is 0.315 e. The molecule has 0 unspecified atom stereocenters. The number of benzene rings is 1. The standard InChI is InChI=1S/C16H19N3O3/c1-22-13-4-2-11(3-5-13)12-6-8-19(9-7-12)15(20)14-10-17-16(21)18-14/h2-6,14H,7-10H2,1H3,(H2,17,18,21)/t14-/m1/s1. The van der Waals surface area contributed by atoms with Crippen molar-refractivity contribution in [3.05, 3.63) is 35.9 Å². The lowest BCUT2D eigenvalue weighted by Crippen LogP contribution is -2.47. The van der Waals surface area contributed by atoms with Gasteiger partial charge < -0.3 is 20.3 Å². The van der Waals surface area contributed by atoms with Crippen LogP contribution in [0.4, 0.5) is 4.79 Å². The van der Waals surface area contributed by atoms with Crippen LogP contribution in [0.3, 0.4) is 0 Å². The molecular weight excluding hydrogens is 282 g/mol. The Morgan fingerprint density at radius 3 is 2.64 bits per heavy atom. The van der Waals surface area contributed by atoms with Crippen molar-refractivity contribution in [1.29, 1.82) is 0 Å². The molecule has 0 spiro atoms. The van der Waals surface area contributed by atoms with E-state index in [2.05, 4.69) is 16.7 Å². The zero-order chi connectivity index (χ0) is 15.5. The first kappa shape index (κ1) is 14.4. The van der Waals surface area contributed by atoms with Gasteiger partial charge in [-0.3, -0.25) is 4.79 Å². The second-order valence-corrected chi connectivity index (χ2v) is 5.40. The molecule has 2 heterocycles. The van der Waals surface area contributed by atoms with Gasteiger partial charge >= 0.3 is 6.03 Å². The molecule has 3 amide bonds. The quantitative estimate of drug-likeness (QED) is 0.875. The average Bonchev–Trinajstić information content (AvgIpc) is 3.01. The van der Waals surface area contributed by atoms with Crippen LogP contribution in [0.2, 0.25) is 0 Å². The number of urea groups is 1. The largest absolute Gasteiger partial charge is 0.497 e. The van der Waals surface area contributed by atoms with Crippen molar-refractivity contribution in [2.75, 3.05) is 26.7 Å². The highest BCUT2D eigenvalue weighted by molar-refractivity contribution is 5.90. The van der Waals surface area contributed by atoms with Crippen LogP contribution in [-0.2, 0) is 4.79 Å². The van der Waals surface area contributed by atoms with Gasteiger partial charge in [-0.25, -0.2) is 4.79 Å². The fourth-order valence-electron chi connectivity index (χ4n) is 2.76. The minimum atomic E-state index is -0.441. The summed E-state index contributed by atoms with van der Waals surface area (Å²) in [4.78, 5) is 25.2. The number of nitrogens with one attached hydrogen (secondary N) is 2. The van der Waals surface area contributed by atoms with Crippen molar-refractivity contribution < 1.29 is 14.3 Å². The highest BCUT2D eigenvalue weighted by atomic mass is 16.5. The fourth-order valence-corrected chi connectivity index (χ4v) is 2.76. The average molecular weight is 301 g/mol. The van der Waals surface area contributed by atoms with Gasteiger partial charge in [-0.1, -0.05) is 18.2 Å². The van der Waals surface area contributed by atoms with Crippen molar-refractivity contribution in [3.8, 4) is 5.75 Å². The Balaban J connectivity index is 1.63. The third-order valence-corrected chi connectivity index (χ3v) is 4.05. The third kappa shape index (κ3) is 2.90. The third-order valence-electron chi connectivity index (χ3n) is 4.05. The van der Waals surface area contributed by atoms with E-state index in [9.17, 15) is 9.59 Å². The Kier molecular flexibility index (Phi) is 4.00. The molecule has 2 aliphatic heterocycles. The van der Waals surface area contributed by atoms with Crippen LogP contribution in [0.1, 0.15) is 12.0 Å². The first-order valence-electron chi connectivity index (χ1n) is 7.34. The zero-order valence-corrected chi connectivity index (χ0v) is 12.5. The molecule has 1 atom stereocenters. The van der Waals surface area contributed by atoms with Gasteiger partial charge in [-0.15, -0.1) is 0 Å². The summed E-state index contributed by atoms with van der Waals surface area (Å²) in [6.07, 6.45) is 2.89. The number of rotatable bonds is 3. The van der Waals surface area contributed by atoms with Crippen molar-refractivity contribution in [2.24, 2.45) is 0 Å². The number of carbonyl (C=O) groups excluding carboxylic acids is 2. The molecule has 6 heteroatoms. The fraction of sp³-hybridized carbons (Fsp3) is 0.375. The molecule has 2 N–H and O–H groups in total. The molecule has 1 saturated heterocycles. The van der Waals surface area contributed by atoms with Gasteiger partial charge in [0.15, 0.2) is 0 Å². The molecular formula is C16H19N3O3. The molecule has 1 aromatic rings. The predicted molar refractivity (Wildman–Crippen MR) is 82.5 cm³/mol. The molecule has 0 aliphatic carbocycles. The SMILES string of the molecule is COc1ccc(C2=CCN(C(=O)[C@H]3CNC(=O)N3)CC2)cc1. The number of amides is 3. The number of methoxy groups -OCH3 is 1. The van der Waals surface area contributed by atoms with Gasteiger partial charge in [-0.2, -0.15) is 0 Å². The van der Waals surface area contributed by atoms with Gasteiger partial charge in [0, 0.05) is 19.6 Å². The Morgan fingerprint density at radius 2 is 2.09 bits per heavy atom. The molecule has 116 valence electrons. The molecule has 0 radical (unpaired) electrons. The van der Waals surface area contributed by atoms with E-state index in [0.717, 1.165) is 17.7 Å². The Morgan fingerprint density at radius 1 is 1.32 bits per heavy atom. The van der Waals surface area contributed by atoms with E-state index < -0.39 is 6.04 Å². The Labute approximate surface area is 129 Å². The topological polar surface area (TPSA) is 70.7 Å². The van der Waals surface area contributed by atoms with E-state index in [1.807, 2.05) is 24.3 Å². The van der Waals surface area contributed by atoms with Crippen molar-refractivity contribution in [2.45, 2.75) is 12.5 Å². The van der Waals surface area contributed by atoms with Crippen LogP contribution < -0.4 is 15.4 Å². The summed E-state index contributed by atoms with van der Waals surface area (Å²) in [7, 11) is 1.65. The number of nitrogens with zero attached hydrogens (tertiary/aromatic N) is 1. The molecule has 6 nitrogen and oxygen atoms in total. The second kappa shape index (κ2) is 6.09. The molecule has 22 heavy (non-hydrogen) atoms. The van der Waals surface area contributed by atoms with E-state index in [-0.39, 0.29) is 11.9 Å². The van der Waals surface area contributed by atoms with Gasteiger partial charge in [0.2, 0.25) is 5.91 Å². The molecule has 1 fully saturated rings. The first-order chi connectivity index (χ1) is 10.7. The van der Waals surface area contributed by atoms with E-state index in [1.54, 1.807) is 12.0 Å². The summed E-state index contributed by atoms with van der Waals surface area (Å²) in [6.45, 7) is 1.61. The lowest BCUT2D eigenvalue weighted by Gasteiger charge is -2.28. The summed E-state index contributed by atoms with van der Waals surface area (Å²) in [5.41, 5.74) is 2.39. The van der Waals surface area contributed by atoms with Gasteiger partial charge in [0.1, 0.15) is 11.8 Å². The van der Waals surface area contributed by atoms with Crippen molar-refractivity contribution in [3.63, 3.8) is 0 Å². The maximum absolute atomic E-state index is 12.3. The number of carbonyl (C=O) groups is 2. The molecule has 0 aromatic heterocycles. The molecule has 0 saturated carbocycles.